The number of anilines is 1. The molecule has 0 spiro atoms. The van der Waals surface area contributed by atoms with Gasteiger partial charge in [-0.15, -0.1) is 0 Å². The summed E-state index contributed by atoms with van der Waals surface area (Å²) in [4.78, 5) is 45.7. The fourth-order valence-electron chi connectivity index (χ4n) is 2.63. The molecular weight excluding hydrogens is 392 g/mol. The zero-order valence-corrected chi connectivity index (χ0v) is 15.0. The fourth-order valence-corrected chi connectivity index (χ4v) is 2.86. The van der Waals surface area contributed by atoms with E-state index in [0.717, 1.165) is 6.07 Å². The number of non-ortho nitro benzene ring substituents is 1. The summed E-state index contributed by atoms with van der Waals surface area (Å²) in [5.74, 6) is -1.91. The predicted molar refractivity (Wildman–Crippen MR) is 96.9 cm³/mol. The second-order valence-electron chi connectivity index (χ2n) is 5.82. The Morgan fingerprint density at radius 1 is 1.25 bits per heavy atom. The van der Waals surface area contributed by atoms with Crippen LogP contribution in [0.4, 0.5) is 11.4 Å². The van der Waals surface area contributed by atoms with E-state index in [-0.39, 0.29) is 22.8 Å². The van der Waals surface area contributed by atoms with Gasteiger partial charge in [0.1, 0.15) is 6.10 Å². The molecule has 144 valence electrons. The molecule has 0 radical (unpaired) electrons. The number of ether oxygens (including phenoxy) is 2. The van der Waals surface area contributed by atoms with Crippen molar-refractivity contribution in [2.45, 2.75) is 12.5 Å². The smallest absolute Gasteiger partial charge is 0.339 e. The number of hydrogen-bond donors (Lipinski definition) is 1. The Labute approximate surface area is 163 Å². The van der Waals surface area contributed by atoms with Gasteiger partial charge in [0.25, 0.3) is 11.6 Å². The maximum Gasteiger partial charge on any atom is 0.339 e. The standard InChI is InChI=1S/C18H13ClN2O7/c19-13-7-10(21(25)26)5-6-14(13)20-16(22)9-27-17(23)8-15-11-3-1-2-4-12(11)18(24)28-15/h1-7,15H,8-9H2,(H,20,22)/t15-/m1/s1. The average Bonchev–Trinajstić information content (AvgIpc) is 2.97. The number of halogens is 1. The summed E-state index contributed by atoms with van der Waals surface area (Å²) >= 11 is 5.88. The molecule has 1 N–H and O–H groups in total. The molecule has 1 heterocycles. The van der Waals surface area contributed by atoms with Gasteiger partial charge < -0.3 is 14.8 Å². The largest absolute Gasteiger partial charge is 0.455 e. The van der Waals surface area contributed by atoms with Crippen LogP contribution in [0.2, 0.25) is 5.02 Å². The molecule has 10 heteroatoms. The number of carbonyl (C=O) groups excluding carboxylic acids is 3. The van der Waals surface area contributed by atoms with Crippen molar-refractivity contribution in [3.8, 4) is 0 Å². The molecule has 2 aromatic rings. The van der Waals surface area contributed by atoms with Gasteiger partial charge in [0.15, 0.2) is 6.61 Å². The molecule has 3 rings (SSSR count). The van der Waals surface area contributed by atoms with Crippen molar-refractivity contribution in [1.82, 2.24) is 0 Å². The highest BCUT2D eigenvalue weighted by Crippen LogP contribution is 2.33. The maximum absolute atomic E-state index is 12.0. The van der Waals surface area contributed by atoms with Crippen LogP contribution in [0, 0.1) is 10.1 Å². The molecule has 9 nitrogen and oxygen atoms in total. The minimum absolute atomic E-state index is 0.0247. The summed E-state index contributed by atoms with van der Waals surface area (Å²) in [6.07, 6.45) is -0.989. The second kappa shape index (κ2) is 8.05. The van der Waals surface area contributed by atoms with Crippen molar-refractivity contribution in [2.75, 3.05) is 11.9 Å². The Morgan fingerprint density at radius 3 is 2.71 bits per heavy atom. The topological polar surface area (TPSA) is 125 Å². The first-order valence-electron chi connectivity index (χ1n) is 8.04. The average molecular weight is 405 g/mol. The molecule has 0 aliphatic carbocycles. The van der Waals surface area contributed by atoms with Crippen molar-refractivity contribution in [2.24, 2.45) is 0 Å². The van der Waals surface area contributed by atoms with Gasteiger partial charge in [0, 0.05) is 17.7 Å². The number of cyclic esters (lactones) is 1. The van der Waals surface area contributed by atoms with Gasteiger partial charge in [-0.2, -0.15) is 0 Å². The Hall–Kier alpha value is -3.46. The van der Waals surface area contributed by atoms with Crippen molar-refractivity contribution in [1.29, 1.82) is 0 Å². The lowest BCUT2D eigenvalue weighted by Crippen LogP contribution is -2.22. The fraction of sp³-hybridized carbons (Fsp3) is 0.167. The van der Waals surface area contributed by atoms with Crippen molar-refractivity contribution in [3.63, 3.8) is 0 Å². The van der Waals surface area contributed by atoms with Gasteiger partial charge in [-0.1, -0.05) is 29.8 Å². The van der Waals surface area contributed by atoms with Crippen LogP contribution >= 0.6 is 11.6 Å². The van der Waals surface area contributed by atoms with Crippen LogP contribution in [0.25, 0.3) is 0 Å². The molecule has 1 aliphatic heterocycles. The lowest BCUT2D eigenvalue weighted by molar-refractivity contribution is -0.384. The van der Waals surface area contributed by atoms with Crippen molar-refractivity contribution >= 4 is 40.8 Å². The van der Waals surface area contributed by atoms with Gasteiger partial charge in [0.05, 0.1) is 27.6 Å². The third-order valence-electron chi connectivity index (χ3n) is 3.93. The number of nitrogens with zero attached hydrogens (tertiary/aromatic N) is 1. The van der Waals surface area contributed by atoms with E-state index in [1.165, 1.54) is 12.1 Å². The second-order valence-corrected chi connectivity index (χ2v) is 6.22. The number of esters is 2. The van der Waals surface area contributed by atoms with Gasteiger partial charge in [-0.05, 0) is 12.1 Å². The predicted octanol–water partition coefficient (Wildman–Crippen LogP) is 3.03. The summed E-state index contributed by atoms with van der Waals surface area (Å²) < 4.78 is 10.0. The Morgan fingerprint density at radius 2 is 2.00 bits per heavy atom. The molecule has 0 bridgehead atoms. The van der Waals surface area contributed by atoms with Crippen LogP contribution < -0.4 is 5.32 Å². The van der Waals surface area contributed by atoms with E-state index in [2.05, 4.69) is 5.32 Å². The summed E-state index contributed by atoms with van der Waals surface area (Å²) in [7, 11) is 0. The van der Waals surface area contributed by atoms with E-state index in [0.29, 0.717) is 11.1 Å². The van der Waals surface area contributed by atoms with Gasteiger partial charge in [-0.25, -0.2) is 4.79 Å². The minimum atomic E-state index is -0.761. The van der Waals surface area contributed by atoms with E-state index in [9.17, 15) is 24.5 Å². The molecule has 2 aromatic carbocycles. The Balaban J connectivity index is 1.52. The third-order valence-corrected chi connectivity index (χ3v) is 4.24. The Kier molecular flexibility index (Phi) is 5.55. The van der Waals surface area contributed by atoms with Crippen LogP contribution in [0.15, 0.2) is 42.5 Å². The van der Waals surface area contributed by atoms with Gasteiger partial charge in [0.2, 0.25) is 0 Å². The molecule has 1 amide bonds. The molecule has 0 saturated carbocycles. The quantitative estimate of drug-likeness (QED) is 0.445. The zero-order chi connectivity index (χ0) is 20.3. The molecule has 0 fully saturated rings. The highest BCUT2D eigenvalue weighted by Gasteiger charge is 2.32. The first kappa shape index (κ1) is 19.3. The summed E-state index contributed by atoms with van der Waals surface area (Å²) in [5, 5.41) is 13.0. The molecule has 1 aliphatic rings. The van der Waals surface area contributed by atoms with Crippen molar-refractivity contribution in [3.05, 3.63) is 68.7 Å². The SMILES string of the molecule is O=C(COC(=O)C[C@H]1OC(=O)c2ccccc21)Nc1ccc([N+](=O)[O-])cc1Cl. The highest BCUT2D eigenvalue weighted by atomic mass is 35.5. The molecule has 0 aromatic heterocycles. The number of hydrogen-bond acceptors (Lipinski definition) is 7. The number of benzene rings is 2. The molecule has 0 saturated heterocycles. The number of fused-ring (bicyclic) bond motifs is 1. The maximum atomic E-state index is 12.0. The Bertz CT molecular complexity index is 976. The van der Waals surface area contributed by atoms with Gasteiger partial charge in [-0.3, -0.25) is 19.7 Å². The normalized spacial score (nSPS) is 14.8. The van der Waals surface area contributed by atoms with Crippen LogP contribution in [-0.2, 0) is 19.1 Å². The summed E-state index contributed by atoms with van der Waals surface area (Å²) in [6, 6.07) is 10.2. The lowest BCUT2D eigenvalue weighted by Gasteiger charge is -2.11. The van der Waals surface area contributed by atoms with Crippen molar-refractivity contribution < 1.29 is 28.8 Å². The van der Waals surface area contributed by atoms with Crippen LogP contribution in [-0.4, -0.2) is 29.4 Å². The number of rotatable bonds is 6. The molecule has 0 unspecified atom stereocenters. The highest BCUT2D eigenvalue weighted by molar-refractivity contribution is 6.34. The van der Waals surface area contributed by atoms with E-state index < -0.39 is 35.5 Å². The molecular formula is C18H13ClN2O7. The van der Waals surface area contributed by atoms with E-state index in [4.69, 9.17) is 21.1 Å². The van der Waals surface area contributed by atoms with Crippen LogP contribution in [0.3, 0.4) is 0 Å². The number of carbonyl (C=O) groups is 3. The summed E-state index contributed by atoms with van der Waals surface area (Å²) in [6.45, 7) is -0.589. The van der Waals surface area contributed by atoms with E-state index in [1.807, 2.05) is 0 Å². The molecule has 1 atom stereocenters. The number of nitro groups is 1. The lowest BCUT2D eigenvalue weighted by atomic mass is 10.0. The van der Waals surface area contributed by atoms with E-state index in [1.54, 1.807) is 24.3 Å². The van der Waals surface area contributed by atoms with Crippen LogP contribution in [0.5, 0.6) is 0 Å². The third kappa shape index (κ3) is 4.26. The number of nitro benzene ring substituents is 1. The summed E-state index contributed by atoms with van der Waals surface area (Å²) in [5.41, 5.74) is 0.908. The first-order chi connectivity index (χ1) is 13.3. The first-order valence-corrected chi connectivity index (χ1v) is 8.42. The zero-order valence-electron chi connectivity index (χ0n) is 14.2. The minimum Gasteiger partial charge on any atom is -0.455 e. The number of amides is 1. The van der Waals surface area contributed by atoms with Crippen LogP contribution in [0.1, 0.15) is 28.4 Å². The monoisotopic (exact) mass is 404 g/mol. The van der Waals surface area contributed by atoms with E-state index >= 15 is 0 Å². The molecule has 28 heavy (non-hydrogen) atoms. The number of nitrogens with one attached hydrogen (secondary N) is 1. The van der Waals surface area contributed by atoms with Gasteiger partial charge >= 0.3 is 11.9 Å².